The number of benzene rings is 1. The molecule has 0 aliphatic heterocycles. The topological polar surface area (TPSA) is 49.8 Å². The van der Waals surface area contributed by atoms with Gasteiger partial charge in [-0.15, -0.1) is 0 Å². The van der Waals surface area contributed by atoms with E-state index in [1.54, 1.807) is 0 Å². The molecule has 130 valence electrons. The zero-order chi connectivity index (χ0) is 17.2. The highest BCUT2D eigenvalue weighted by Gasteiger charge is 2.16. The van der Waals surface area contributed by atoms with E-state index < -0.39 is 6.10 Å². The van der Waals surface area contributed by atoms with Crippen molar-refractivity contribution in [3.05, 3.63) is 35.4 Å². The Bertz CT molecular complexity index is 473. The first-order chi connectivity index (χ1) is 10.9. The number of ether oxygens (including phenoxy) is 1. The molecule has 0 aromatic heterocycles. The SMILES string of the molecule is CCCC(=O)OC[C@@H](O)CN(Cc1ccccc1C)CC(C)C. The maximum Gasteiger partial charge on any atom is 0.305 e. The van der Waals surface area contributed by atoms with Crippen molar-refractivity contribution in [3.8, 4) is 0 Å². The van der Waals surface area contributed by atoms with Gasteiger partial charge in [0.05, 0.1) is 0 Å². The van der Waals surface area contributed by atoms with E-state index in [1.165, 1.54) is 11.1 Å². The molecule has 0 amide bonds. The Morgan fingerprint density at radius 1 is 1.26 bits per heavy atom. The Morgan fingerprint density at radius 2 is 1.96 bits per heavy atom. The fraction of sp³-hybridized carbons (Fsp3) is 0.632. The summed E-state index contributed by atoms with van der Waals surface area (Å²) in [5.74, 6) is 0.273. The van der Waals surface area contributed by atoms with Gasteiger partial charge >= 0.3 is 5.97 Å². The summed E-state index contributed by atoms with van der Waals surface area (Å²) in [4.78, 5) is 13.6. The number of carbonyl (C=O) groups excluding carboxylic acids is 1. The molecule has 1 aromatic carbocycles. The van der Waals surface area contributed by atoms with Gasteiger partial charge in [0.25, 0.3) is 0 Å². The van der Waals surface area contributed by atoms with Crippen molar-refractivity contribution in [2.45, 2.75) is 53.2 Å². The van der Waals surface area contributed by atoms with Gasteiger partial charge < -0.3 is 9.84 Å². The first kappa shape index (κ1) is 19.7. The van der Waals surface area contributed by atoms with Crippen LogP contribution in [0.1, 0.15) is 44.7 Å². The monoisotopic (exact) mass is 321 g/mol. The Morgan fingerprint density at radius 3 is 2.57 bits per heavy atom. The molecule has 0 bridgehead atoms. The van der Waals surface area contributed by atoms with Gasteiger partial charge in [-0.1, -0.05) is 45.0 Å². The van der Waals surface area contributed by atoms with Crippen LogP contribution in [0, 0.1) is 12.8 Å². The smallest absolute Gasteiger partial charge is 0.305 e. The molecule has 0 spiro atoms. The van der Waals surface area contributed by atoms with Gasteiger partial charge in [-0.25, -0.2) is 0 Å². The number of aliphatic hydroxyl groups is 1. The summed E-state index contributed by atoms with van der Waals surface area (Å²) >= 11 is 0. The quantitative estimate of drug-likeness (QED) is 0.673. The minimum Gasteiger partial charge on any atom is -0.463 e. The van der Waals surface area contributed by atoms with E-state index >= 15 is 0 Å². The molecular formula is C19H31NO3. The van der Waals surface area contributed by atoms with Crippen molar-refractivity contribution < 1.29 is 14.6 Å². The summed E-state index contributed by atoms with van der Waals surface area (Å²) in [5, 5.41) is 10.2. The lowest BCUT2D eigenvalue weighted by Gasteiger charge is -2.27. The molecule has 0 heterocycles. The predicted molar refractivity (Wildman–Crippen MR) is 93.2 cm³/mol. The number of aryl methyl sites for hydroxylation is 1. The van der Waals surface area contributed by atoms with Crippen LogP contribution in [0.25, 0.3) is 0 Å². The average molecular weight is 321 g/mol. The fourth-order valence-electron chi connectivity index (χ4n) is 2.56. The van der Waals surface area contributed by atoms with E-state index in [0.29, 0.717) is 18.9 Å². The van der Waals surface area contributed by atoms with Crippen molar-refractivity contribution in [2.24, 2.45) is 5.92 Å². The van der Waals surface area contributed by atoms with Crippen molar-refractivity contribution in [1.82, 2.24) is 4.90 Å². The normalized spacial score (nSPS) is 12.7. The van der Waals surface area contributed by atoms with Gasteiger partial charge in [-0.2, -0.15) is 0 Å². The molecule has 23 heavy (non-hydrogen) atoms. The molecule has 0 radical (unpaired) electrons. The summed E-state index contributed by atoms with van der Waals surface area (Å²) in [7, 11) is 0. The molecule has 4 heteroatoms. The molecule has 0 aliphatic rings. The maximum atomic E-state index is 11.4. The first-order valence-electron chi connectivity index (χ1n) is 8.52. The van der Waals surface area contributed by atoms with Crippen molar-refractivity contribution in [1.29, 1.82) is 0 Å². The van der Waals surface area contributed by atoms with E-state index in [1.807, 2.05) is 19.1 Å². The summed E-state index contributed by atoms with van der Waals surface area (Å²) in [6, 6.07) is 8.30. The Labute approximate surface area is 140 Å². The van der Waals surface area contributed by atoms with Crippen LogP contribution < -0.4 is 0 Å². The standard InChI is InChI=1S/C19H31NO3/c1-5-8-19(22)23-14-18(21)13-20(11-15(2)3)12-17-10-7-6-9-16(17)4/h6-7,9-10,15,18,21H,5,8,11-14H2,1-4H3/t18-/m0/s1. The highest BCUT2D eigenvalue weighted by Crippen LogP contribution is 2.12. The van der Waals surface area contributed by atoms with Gasteiger partial charge in [0.1, 0.15) is 12.7 Å². The first-order valence-corrected chi connectivity index (χ1v) is 8.52. The van der Waals surface area contributed by atoms with Crippen LogP contribution in [0.3, 0.4) is 0 Å². The van der Waals surface area contributed by atoms with Crippen LogP contribution in [0.5, 0.6) is 0 Å². The predicted octanol–water partition coefficient (Wildman–Crippen LogP) is 3.16. The number of nitrogens with zero attached hydrogens (tertiary/aromatic N) is 1. The number of hydrogen-bond donors (Lipinski definition) is 1. The summed E-state index contributed by atoms with van der Waals surface area (Å²) < 4.78 is 5.11. The molecule has 0 fully saturated rings. The molecular weight excluding hydrogens is 290 g/mol. The zero-order valence-electron chi connectivity index (χ0n) is 14.9. The molecule has 0 aliphatic carbocycles. The van der Waals surface area contributed by atoms with Gasteiger partial charge in [0.2, 0.25) is 0 Å². The summed E-state index contributed by atoms with van der Waals surface area (Å²) in [6.07, 6.45) is 0.520. The lowest BCUT2D eigenvalue weighted by Crippen LogP contribution is -2.37. The second-order valence-electron chi connectivity index (χ2n) is 6.60. The lowest BCUT2D eigenvalue weighted by atomic mass is 10.1. The van der Waals surface area contributed by atoms with Crippen LogP contribution >= 0.6 is 0 Å². The van der Waals surface area contributed by atoms with Crippen LogP contribution in [-0.2, 0) is 16.1 Å². The Kier molecular flexibility index (Phi) is 8.89. The number of hydrogen-bond acceptors (Lipinski definition) is 4. The lowest BCUT2D eigenvalue weighted by molar-refractivity contribution is -0.147. The third-order valence-corrected chi connectivity index (χ3v) is 3.64. The molecule has 0 unspecified atom stereocenters. The third-order valence-electron chi connectivity index (χ3n) is 3.64. The second-order valence-corrected chi connectivity index (χ2v) is 6.60. The van der Waals surface area contributed by atoms with E-state index in [2.05, 4.69) is 37.8 Å². The number of esters is 1. The molecule has 1 rings (SSSR count). The Hall–Kier alpha value is -1.39. The third kappa shape index (κ3) is 8.14. The van der Waals surface area contributed by atoms with Gasteiger partial charge in [-0.05, 0) is 30.4 Å². The molecule has 1 N–H and O–H groups in total. The molecule has 0 saturated heterocycles. The van der Waals surface area contributed by atoms with E-state index in [4.69, 9.17) is 4.74 Å². The zero-order valence-corrected chi connectivity index (χ0v) is 14.9. The molecule has 1 atom stereocenters. The fourth-order valence-corrected chi connectivity index (χ4v) is 2.56. The van der Waals surface area contributed by atoms with Crippen LogP contribution in [-0.4, -0.2) is 41.8 Å². The van der Waals surface area contributed by atoms with Gasteiger partial charge in [0, 0.05) is 26.1 Å². The molecule has 4 nitrogen and oxygen atoms in total. The van der Waals surface area contributed by atoms with Crippen molar-refractivity contribution in [3.63, 3.8) is 0 Å². The van der Waals surface area contributed by atoms with Crippen LogP contribution in [0.2, 0.25) is 0 Å². The van der Waals surface area contributed by atoms with E-state index in [-0.39, 0.29) is 12.6 Å². The number of aliphatic hydroxyl groups excluding tert-OH is 1. The summed E-state index contributed by atoms with van der Waals surface area (Å²) in [6.45, 7) is 10.6. The average Bonchev–Trinajstić information content (AvgIpc) is 2.47. The van der Waals surface area contributed by atoms with E-state index in [0.717, 1.165) is 19.5 Å². The molecule has 1 aromatic rings. The maximum absolute atomic E-state index is 11.4. The second kappa shape index (κ2) is 10.4. The minimum atomic E-state index is -0.654. The number of carbonyl (C=O) groups is 1. The van der Waals surface area contributed by atoms with Crippen molar-refractivity contribution >= 4 is 5.97 Å². The van der Waals surface area contributed by atoms with Crippen molar-refractivity contribution in [2.75, 3.05) is 19.7 Å². The van der Waals surface area contributed by atoms with Crippen LogP contribution in [0.15, 0.2) is 24.3 Å². The van der Waals surface area contributed by atoms with Crippen LogP contribution in [0.4, 0.5) is 0 Å². The minimum absolute atomic E-state index is 0.0706. The highest BCUT2D eigenvalue weighted by atomic mass is 16.5. The Balaban J connectivity index is 2.57. The van der Waals surface area contributed by atoms with Gasteiger partial charge in [0.15, 0.2) is 0 Å². The highest BCUT2D eigenvalue weighted by molar-refractivity contribution is 5.69. The summed E-state index contributed by atoms with van der Waals surface area (Å²) in [5.41, 5.74) is 2.52. The van der Waals surface area contributed by atoms with Gasteiger partial charge in [-0.3, -0.25) is 9.69 Å². The number of rotatable bonds is 10. The van der Waals surface area contributed by atoms with E-state index in [9.17, 15) is 9.90 Å². The largest absolute Gasteiger partial charge is 0.463 e. The molecule has 0 saturated carbocycles.